The zero-order valence-electron chi connectivity index (χ0n) is 10.1. The van der Waals surface area contributed by atoms with Gasteiger partial charge in [0.15, 0.2) is 0 Å². The van der Waals surface area contributed by atoms with Gasteiger partial charge in [0.05, 0.1) is 6.61 Å². The normalized spacial score (nSPS) is 11.4. The van der Waals surface area contributed by atoms with Crippen LogP contribution in [-0.2, 0) is 11.3 Å². The van der Waals surface area contributed by atoms with Crippen LogP contribution in [0, 0.1) is 0 Å². The van der Waals surface area contributed by atoms with E-state index in [0.29, 0.717) is 11.2 Å². The van der Waals surface area contributed by atoms with Gasteiger partial charge in [-0.25, -0.2) is 4.98 Å². The Kier molecular flexibility index (Phi) is 5.74. The summed E-state index contributed by atoms with van der Waals surface area (Å²) in [6, 6.07) is 4.39. The first-order chi connectivity index (χ1) is 7.63. The summed E-state index contributed by atoms with van der Waals surface area (Å²) in [5.41, 5.74) is 1.19. The molecule has 90 valence electrons. The van der Waals surface area contributed by atoms with E-state index in [2.05, 4.69) is 23.7 Å². The predicted molar refractivity (Wildman–Crippen MR) is 66.7 cm³/mol. The predicted octanol–water partition coefficient (Wildman–Crippen LogP) is 2.59. The number of halogens is 1. The van der Waals surface area contributed by atoms with Crippen LogP contribution in [0.25, 0.3) is 0 Å². The number of pyridine rings is 1. The number of methoxy groups -OCH3 is 1. The highest BCUT2D eigenvalue weighted by molar-refractivity contribution is 6.29. The lowest BCUT2D eigenvalue weighted by Gasteiger charge is -2.26. The molecule has 0 amide bonds. The number of ether oxygens (including phenoxy) is 1. The van der Waals surface area contributed by atoms with Crippen molar-refractivity contribution in [1.29, 1.82) is 0 Å². The van der Waals surface area contributed by atoms with Crippen molar-refractivity contribution in [1.82, 2.24) is 9.88 Å². The Morgan fingerprint density at radius 2 is 2.25 bits per heavy atom. The summed E-state index contributed by atoms with van der Waals surface area (Å²) in [6.07, 6.45) is 1.74. The van der Waals surface area contributed by atoms with E-state index in [4.69, 9.17) is 16.3 Å². The van der Waals surface area contributed by atoms with Gasteiger partial charge in [0, 0.05) is 32.4 Å². The Balaban J connectivity index is 2.60. The summed E-state index contributed by atoms with van der Waals surface area (Å²) >= 11 is 5.86. The average Bonchev–Trinajstić information content (AvgIpc) is 2.24. The summed E-state index contributed by atoms with van der Waals surface area (Å²) < 4.78 is 5.10. The highest BCUT2D eigenvalue weighted by atomic mass is 35.5. The number of rotatable bonds is 6. The highest BCUT2D eigenvalue weighted by Crippen LogP contribution is 2.11. The molecule has 0 aliphatic rings. The molecule has 1 aromatic heterocycles. The second-order valence-electron chi connectivity index (χ2n) is 4.04. The van der Waals surface area contributed by atoms with Crippen molar-refractivity contribution in [2.75, 3.05) is 20.3 Å². The van der Waals surface area contributed by atoms with Crippen LogP contribution in [-0.4, -0.2) is 36.2 Å². The summed E-state index contributed by atoms with van der Waals surface area (Å²) in [6.45, 7) is 6.91. The maximum atomic E-state index is 5.86. The quantitative estimate of drug-likeness (QED) is 0.717. The third kappa shape index (κ3) is 4.47. The zero-order valence-corrected chi connectivity index (χ0v) is 10.9. The molecule has 0 saturated carbocycles. The first-order valence-corrected chi connectivity index (χ1v) is 5.84. The minimum absolute atomic E-state index is 0.488. The molecule has 1 aromatic rings. The van der Waals surface area contributed by atoms with E-state index in [-0.39, 0.29) is 0 Å². The first-order valence-electron chi connectivity index (χ1n) is 5.47. The summed E-state index contributed by atoms with van der Waals surface area (Å²) in [5.74, 6) is 0. The standard InChI is InChI=1S/C12H19ClN2O/c1-10(2)15(6-7-16-3)9-11-4-5-14-12(13)8-11/h4-5,8,10H,6-7,9H2,1-3H3. The minimum atomic E-state index is 0.488. The maximum Gasteiger partial charge on any atom is 0.129 e. The van der Waals surface area contributed by atoms with E-state index in [0.717, 1.165) is 19.7 Å². The SMILES string of the molecule is COCCN(Cc1ccnc(Cl)c1)C(C)C. The first kappa shape index (κ1) is 13.4. The van der Waals surface area contributed by atoms with Crippen LogP contribution < -0.4 is 0 Å². The van der Waals surface area contributed by atoms with Gasteiger partial charge in [-0.15, -0.1) is 0 Å². The lowest BCUT2D eigenvalue weighted by molar-refractivity contribution is 0.125. The molecular formula is C12H19ClN2O. The van der Waals surface area contributed by atoms with Gasteiger partial charge in [0.25, 0.3) is 0 Å². The van der Waals surface area contributed by atoms with Gasteiger partial charge in [-0.05, 0) is 31.5 Å². The Morgan fingerprint density at radius 1 is 1.50 bits per heavy atom. The highest BCUT2D eigenvalue weighted by Gasteiger charge is 2.09. The van der Waals surface area contributed by atoms with E-state index >= 15 is 0 Å². The van der Waals surface area contributed by atoms with Gasteiger partial charge in [-0.1, -0.05) is 11.6 Å². The zero-order chi connectivity index (χ0) is 12.0. The van der Waals surface area contributed by atoms with Gasteiger partial charge in [0.1, 0.15) is 5.15 Å². The number of hydrogen-bond donors (Lipinski definition) is 0. The maximum absolute atomic E-state index is 5.86. The van der Waals surface area contributed by atoms with Crippen LogP contribution in [0.5, 0.6) is 0 Å². The van der Waals surface area contributed by atoms with E-state index < -0.39 is 0 Å². The van der Waals surface area contributed by atoms with E-state index in [9.17, 15) is 0 Å². The second kappa shape index (κ2) is 6.84. The molecule has 1 heterocycles. The molecule has 0 saturated heterocycles. The molecule has 16 heavy (non-hydrogen) atoms. The van der Waals surface area contributed by atoms with Crippen LogP contribution in [0.1, 0.15) is 19.4 Å². The van der Waals surface area contributed by atoms with Crippen LogP contribution in [0.3, 0.4) is 0 Å². The van der Waals surface area contributed by atoms with Crippen molar-refractivity contribution >= 4 is 11.6 Å². The van der Waals surface area contributed by atoms with Gasteiger partial charge >= 0.3 is 0 Å². The largest absolute Gasteiger partial charge is 0.383 e. The molecule has 0 radical (unpaired) electrons. The summed E-state index contributed by atoms with van der Waals surface area (Å²) in [5, 5.41) is 0.549. The van der Waals surface area contributed by atoms with E-state index in [1.807, 2.05) is 12.1 Å². The Bertz CT molecular complexity index is 318. The molecule has 0 aliphatic carbocycles. The average molecular weight is 243 g/mol. The van der Waals surface area contributed by atoms with E-state index in [1.165, 1.54) is 5.56 Å². The van der Waals surface area contributed by atoms with Crippen molar-refractivity contribution in [2.45, 2.75) is 26.4 Å². The van der Waals surface area contributed by atoms with Gasteiger partial charge in [0.2, 0.25) is 0 Å². The van der Waals surface area contributed by atoms with Crippen molar-refractivity contribution in [3.8, 4) is 0 Å². The van der Waals surface area contributed by atoms with Crippen LogP contribution in [0.4, 0.5) is 0 Å². The Labute approximate surface area is 102 Å². The van der Waals surface area contributed by atoms with Gasteiger partial charge in [-0.2, -0.15) is 0 Å². The molecule has 0 N–H and O–H groups in total. The lowest BCUT2D eigenvalue weighted by Crippen LogP contribution is -2.33. The second-order valence-corrected chi connectivity index (χ2v) is 4.43. The summed E-state index contributed by atoms with van der Waals surface area (Å²) in [4.78, 5) is 6.32. The summed E-state index contributed by atoms with van der Waals surface area (Å²) in [7, 11) is 1.72. The van der Waals surface area contributed by atoms with E-state index in [1.54, 1.807) is 13.3 Å². The molecule has 1 rings (SSSR count). The van der Waals surface area contributed by atoms with Crippen LogP contribution >= 0.6 is 11.6 Å². The molecule has 0 unspecified atom stereocenters. The number of hydrogen-bond acceptors (Lipinski definition) is 3. The van der Waals surface area contributed by atoms with Crippen LogP contribution in [0.15, 0.2) is 18.3 Å². The minimum Gasteiger partial charge on any atom is -0.383 e. The third-order valence-corrected chi connectivity index (χ3v) is 2.70. The smallest absolute Gasteiger partial charge is 0.129 e. The molecule has 3 nitrogen and oxygen atoms in total. The molecule has 0 aromatic carbocycles. The number of aromatic nitrogens is 1. The Morgan fingerprint density at radius 3 is 2.81 bits per heavy atom. The Hall–Kier alpha value is -0.640. The molecule has 0 bridgehead atoms. The number of nitrogens with zero attached hydrogens (tertiary/aromatic N) is 2. The molecule has 0 atom stereocenters. The van der Waals surface area contributed by atoms with Crippen molar-refractivity contribution < 1.29 is 4.74 Å². The van der Waals surface area contributed by atoms with Crippen molar-refractivity contribution in [3.63, 3.8) is 0 Å². The molecular weight excluding hydrogens is 224 g/mol. The molecule has 0 aliphatic heterocycles. The van der Waals surface area contributed by atoms with Crippen molar-refractivity contribution in [3.05, 3.63) is 29.0 Å². The fourth-order valence-corrected chi connectivity index (χ4v) is 1.70. The molecule has 0 fully saturated rings. The van der Waals surface area contributed by atoms with Gasteiger partial charge < -0.3 is 4.74 Å². The fraction of sp³-hybridized carbons (Fsp3) is 0.583. The fourth-order valence-electron chi connectivity index (χ4n) is 1.50. The monoisotopic (exact) mass is 242 g/mol. The topological polar surface area (TPSA) is 25.4 Å². The molecule has 4 heteroatoms. The lowest BCUT2D eigenvalue weighted by atomic mass is 10.2. The van der Waals surface area contributed by atoms with Gasteiger partial charge in [-0.3, -0.25) is 4.90 Å². The van der Waals surface area contributed by atoms with Crippen LogP contribution in [0.2, 0.25) is 5.15 Å². The van der Waals surface area contributed by atoms with Crippen molar-refractivity contribution in [2.24, 2.45) is 0 Å². The third-order valence-electron chi connectivity index (χ3n) is 2.49. The molecule has 0 spiro atoms.